The lowest BCUT2D eigenvalue weighted by atomic mass is 9.89. The summed E-state index contributed by atoms with van der Waals surface area (Å²) in [4.78, 5) is 0. The highest BCUT2D eigenvalue weighted by atomic mass is 16.5. The third-order valence-corrected chi connectivity index (χ3v) is 2.99. The molecule has 1 heterocycles. The first-order valence-electron chi connectivity index (χ1n) is 5.73. The number of aromatic nitrogens is 1. The Balaban J connectivity index is 1.64. The molecular formula is C12H20N2O. The summed E-state index contributed by atoms with van der Waals surface area (Å²) in [7, 11) is 2.05. The zero-order valence-corrected chi connectivity index (χ0v) is 9.57. The third kappa shape index (κ3) is 2.83. The van der Waals surface area contributed by atoms with E-state index in [0.717, 1.165) is 13.2 Å². The van der Waals surface area contributed by atoms with E-state index in [1.54, 1.807) is 0 Å². The molecule has 1 aliphatic rings. The van der Waals surface area contributed by atoms with Crippen LogP contribution in [0.15, 0.2) is 18.5 Å². The van der Waals surface area contributed by atoms with E-state index in [9.17, 15) is 0 Å². The van der Waals surface area contributed by atoms with E-state index in [-0.39, 0.29) is 0 Å². The van der Waals surface area contributed by atoms with Crippen LogP contribution < -0.4 is 5.32 Å². The van der Waals surface area contributed by atoms with E-state index in [0.29, 0.717) is 12.1 Å². The van der Waals surface area contributed by atoms with Gasteiger partial charge in [-0.2, -0.15) is 0 Å². The van der Waals surface area contributed by atoms with Gasteiger partial charge < -0.3 is 14.6 Å². The van der Waals surface area contributed by atoms with Crippen molar-refractivity contribution in [3.63, 3.8) is 0 Å². The predicted molar refractivity (Wildman–Crippen MR) is 60.7 cm³/mol. The third-order valence-electron chi connectivity index (χ3n) is 2.99. The number of rotatable bonds is 5. The zero-order valence-electron chi connectivity index (χ0n) is 9.57. The van der Waals surface area contributed by atoms with E-state index in [2.05, 4.69) is 42.3 Å². The molecule has 0 spiro atoms. The summed E-state index contributed by atoms with van der Waals surface area (Å²) in [5.41, 5.74) is 1.36. The smallest absolute Gasteiger partial charge is 0.0604 e. The van der Waals surface area contributed by atoms with Crippen molar-refractivity contribution in [2.45, 2.75) is 38.5 Å². The topological polar surface area (TPSA) is 26.2 Å². The van der Waals surface area contributed by atoms with Crippen molar-refractivity contribution in [3.8, 4) is 0 Å². The number of nitrogens with one attached hydrogen (secondary N) is 1. The first-order chi connectivity index (χ1) is 7.28. The van der Waals surface area contributed by atoms with Crippen LogP contribution in [0, 0.1) is 0 Å². The summed E-state index contributed by atoms with van der Waals surface area (Å²) >= 11 is 0. The van der Waals surface area contributed by atoms with Crippen LogP contribution in [0.2, 0.25) is 0 Å². The summed E-state index contributed by atoms with van der Waals surface area (Å²) in [5, 5.41) is 3.54. The molecule has 0 atom stereocenters. The normalized spacial score (nSPS) is 25.2. The van der Waals surface area contributed by atoms with Crippen LogP contribution in [-0.2, 0) is 18.3 Å². The minimum Gasteiger partial charge on any atom is -0.378 e. The van der Waals surface area contributed by atoms with E-state index < -0.39 is 0 Å². The van der Waals surface area contributed by atoms with Gasteiger partial charge in [0.1, 0.15) is 0 Å². The number of ether oxygens (including phenoxy) is 1. The minimum atomic E-state index is 0.503. The quantitative estimate of drug-likeness (QED) is 0.797. The summed E-state index contributed by atoms with van der Waals surface area (Å²) < 4.78 is 7.60. The zero-order chi connectivity index (χ0) is 10.7. The number of nitrogens with zero attached hydrogens (tertiary/aromatic N) is 1. The Kier molecular flexibility index (Phi) is 3.44. The Morgan fingerprint density at radius 3 is 2.93 bits per heavy atom. The average molecular weight is 208 g/mol. The van der Waals surface area contributed by atoms with Crippen molar-refractivity contribution < 1.29 is 4.74 Å². The van der Waals surface area contributed by atoms with Crippen LogP contribution in [0.5, 0.6) is 0 Å². The van der Waals surface area contributed by atoms with Crippen molar-refractivity contribution in [3.05, 3.63) is 24.0 Å². The fourth-order valence-corrected chi connectivity index (χ4v) is 2.03. The molecule has 0 saturated heterocycles. The lowest BCUT2D eigenvalue weighted by Crippen LogP contribution is -2.45. The molecule has 1 fully saturated rings. The lowest BCUT2D eigenvalue weighted by Gasteiger charge is -2.35. The van der Waals surface area contributed by atoms with Gasteiger partial charge in [0, 0.05) is 38.6 Å². The Hall–Kier alpha value is -0.800. The molecule has 0 amide bonds. The molecule has 0 unspecified atom stereocenters. The van der Waals surface area contributed by atoms with Gasteiger partial charge in [-0.3, -0.25) is 0 Å². The Morgan fingerprint density at radius 2 is 2.33 bits per heavy atom. The fourth-order valence-electron chi connectivity index (χ4n) is 2.03. The molecule has 1 N–H and O–H groups in total. The molecule has 84 valence electrons. The highest BCUT2D eigenvalue weighted by Gasteiger charge is 2.28. The molecule has 0 radical (unpaired) electrons. The molecule has 1 aromatic rings. The van der Waals surface area contributed by atoms with Crippen molar-refractivity contribution >= 4 is 0 Å². The maximum atomic E-state index is 5.52. The summed E-state index contributed by atoms with van der Waals surface area (Å²) in [5.74, 6) is 0. The fraction of sp³-hybridized carbons (Fsp3) is 0.667. The second-order valence-electron chi connectivity index (χ2n) is 4.31. The van der Waals surface area contributed by atoms with Gasteiger partial charge in [0.05, 0.1) is 6.10 Å². The molecule has 2 rings (SSSR count). The van der Waals surface area contributed by atoms with E-state index >= 15 is 0 Å². The molecule has 0 aliphatic heterocycles. The Morgan fingerprint density at radius 1 is 1.53 bits per heavy atom. The average Bonchev–Trinajstić information content (AvgIpc) is 2.55. The first kappa shape index (κ1) is 10.7. The van der Waals surface area contributed by atoms with Crippen LogP contribution in [0.1, 0.15) is 25.3 Å². The van der Waals surface area contributed by atoms with Gasteiger partial charge in [0.25, 0.3) is 0 Å². The van der Waals surface area contributed by atoms with Gasteiger partial charge in [-0.1, -0.05) is 0 Å². The van der Waals surface area contributed by atoms with Crippen molar-refractivity contribution in [2.75, 3.05) is 6.61 Å². The van der Waals surface area contributed by atoms with Crippen LogP contribution in [-0.4, -0.2) is 23.3 Å². The maximum absolute atomic E-state index is 5.52. The SMILES string of the molecule is CCOC1CC(NCc2ccn(C)c2)C1. The van der Waals surface area contributed by atoms with Gasteiger partial charge in [-0.15, -0.1) is 0 Å². The monoisotopic (exact) mass is 208 g/mol. The Labute approximate surface area is 91.4 Å². The van der Waals surface area contributed by atoms with E-state index in [1.165, 1.54) is 18.4 Å². The van der Waals surface area contributed by atoms with Gasteiger partial charge in [-0.05, 0) is 31.4 Å². The number of hydrogen-bond donors (Lipinski definition) is 1. The van der Waals surface area contributed by atoms with E-state index in [4.69, 9.17) is 4.74 Å². The van der Waals surface area contributed by atoms with Crippen molar-refractivity contribution in [1.82, 2.24) is 9.88 Å². The molecular weight excluding hydrogens is 188 g/mol. The second kappa shape index (κ2) is 4.81. The standard InChI is InChI=1S/C12H20N2O/c1-3-15-12-6-11(7-12)13-8-10-4-5-14(2)9-10/h4-5,9,11-13H,3,6-8H2,1-2H3. The maximum Gasteiger partial charge on any atom is 0.0604 e. The molecule has 15 heavy (non-hydrogen) atoms. The van der Waals surface area contributed by atoms with Crippen molar-refractivity contribution in [1.29, 1.82) is 0 Å². The largest absolute Gasteiger partial charge is 0.378 e. The predicted octanol–water partition coefficient (Wildman–Crippen LogP) is 1.68. The number of aryl methyl sites for hydroxylation is 1. The van der Waals surface area contributed by atoms with Gasteiger partial charge in [-0.25, -0.2) is 0 Å². The molecule has 3 heteroatoms. The van der Waals surface area contributed by atoms with Gasteiger partial charge >= 0.3 is 0 Å². The first-order valence-corrected chi connectivity index (χ1v) is 5.73. The van der Waals surface area contributed by atoms with Crippen LogP contribution in [0.4, 0.5) is 0 Å². The summed E-state index contributed by atoms with van der Waals surface area (Å²) in [6.45, 7) is 3.88. The Bertz CT molecular complexity index is 302. The molecule has 1 aliphatic carbocycles. The summed E-state index contributed by atoms with van der Waals surface area (Å²) in [6, 6.07) is 2.81. The van der Waals surface area contributed by atoms with Gasteiger partial charge in [0.15, 0.2) is 0 Å². The lowest BCUT2D eigenvalue weighted by molar-refractivity contribution is -0.0102. The highest BCUT2D eigenvalue weighted by molar-refractivity contribution is 5.09. The molecule has 0 bridgehead atoms. The van der Waals surface area contributed by atoms with Crippen LogP contribution in [0.25, 0.3) is 0 Å². The van der Waals surface area contributed by atoms with Crippen molar-refractivity contribution in [2.24, 2.45) is 7.05 Å². The molecule has 1 saturated carbocycles. The van der Waals surface area contributed by atoms with Crippen LogP contribution >= 0.6 is 0 Å². The van der Waals surface area contributed by atoms with Gasteiger partial charge in [0.2, 0.25) is 0 Å². The highest BCUT2D eigenvalue weighted by Crippen LogP contribution is 2.23. The minimum absolute atomic E-state index is 0.503. The second-order valence-corrected chi connectivity index (χ2v) is 4.31. The number of hydrogen-bond acceptors (Lipinski definition) is 2. The molecule has 3 nitrogen and oxygen atoms in total. The summed E-state index contributed by atoms with van der Waals surface area (Å²) in [6.07, 6.45) is 7.08. The van der Waals surface area contributed by atoms with E-state index in [1.807, 2.05) is 0 Å². The molecule has 0 aromatic carbocycles. The van der Waals surface area contributed by atoms with Crippen LogP contribution in [0.3, 0.4) is 0 Å². The molecule has 1 aromatic heterocycles.